The van der Waals surface area contributed by atoms with Crippen molar-refractivity contribution in [1.29, 1.82) is 0 Å². The monoisotopic (exact) mass is 402 g/mol. The lowest BCUT2D eigenvalue weighted by atomic mass is 9.93. The van der Waals surface area contributed by atoms with E-state index in [1.54, 1.807) is 13.0 Å². The van der Waals surface area contributed by atoms with E-state index in [1.165, 1.54) is 14.7 Å². The van der Waals surface area contributed by atoms with Gasteiger partial charge in [0.15, 0.2) is 5.78 Å². The van der Waals surface area contributed by atoms with Crippen LogP contribution < -0.4 is 4.74 Å². The molecule has 2 aromatic carbocycles. The second-order valence-corrected chi connectivity index (χ2v) is 6.40. The number of benzene rings is 2. The minimum atomic E-state index is 0.0295. The minimum Gasteiger partial charge on any atom is -0.487 e. The Morgan fingerprint density at radius 1 is 1.14 bits per heavy atom. The fourth-order valence-electron chi connectivity index (χ4n) is 2.52. The highest BCUT2D eigenvalue weighted by atomic mass is 127. The molecular formula is C19H15IO2. The maximum atomic E-state index is 11.2. The van der Waals surface area contributed by atoms with Gasteiger partial charge in [-0.25, -0.2) is 0 Å². The average Bonchev–Trinajstić information content (AvgIpc) is 2.53. The number of carbonyl (C=O) groups excluding carboxylic acids is 1. The SMILES string of the molecule is CC(=O)/C=C/c1cccc2c1OCC(I)=C2c1ccccc1. The second kappa shape index (κ2) is 6.48. The first kappa shape index (κ1) is 15.0. The summed E-state index contributed by atoms with van der Waals surface area (Å²) in [6, 6.07) is 16.4. The molecule has 110 valence electrons. The Morgan fingerprint density at radius 3 is 2.64 bits per heavy atom. The number of carbonyl (C=O) groups is 1. The molecule has 2 aromatic rings. The first-order valence-corrected chi connectivity index (χ1v) is 8.13. The molecule has 22 heavy (non-hydrogen) atoms. The molecule has 0 aromatic heterocycles. The van der Waals surface area contributed by atoms with E-state index in [0.717, 1.165) is 16.9 Å². The first-order valence-electron chi connectivity index (χ1n) is 7.05. The van der Waals surface area contributed by atoms with Gasteiger partial charge in [-0.15, -0.1) is 0 Å². The molecule has 0 saturated carbocycles. The quantitative estimate of drug-likeness (QED) is 0.541. The molecule has 0 saturated heterocycles. The lowest BCUT2D eigenvalue weighted by molar-refractivity contribution is -0.112. The summed E-state index contributed by atoms with van der Waals surface area (Å²) in [5.41, 5.74) is 4.40. The van der Waals surface area contributed by atoms with Crippen LogP contribution in [0, 0.1) is 0 Å². The molecule has 0 N–H and O–H groups in total. The van der Waals surface area contributed by atoms with Crippen LogP contribution in [0.1, 0.15) is 23.6 Å². The van der Waals surface area contributed by atoms with E-state index < -0.39 is 0 Å². The molecule has 0 spiro atoms. The van der Waals surface area contributed by atoms with E-state index in [1.807, 2.05) is 36.4 Å². The molecule has 0 atom stereocenters. The van der Waals surface area contributed by atoms with Crippen molar-refractivity contribution in [2.24, 2.45) is 0 Å². The summed E-state index contributed by atoms with van der Waals surface area (Å²) in [4.78, 5) is 11.2. The molecule has 2 nitrogen and oxygen atoms in total. The fourth-order valence-corrected chi connectivity index (χ4v) is 3.28. The van der Waals surface area contributed by atoms with Gasteiger partial charge in [0.2, 0.25) is 0 Å². The Hall–Kier alpha value is -1.88. The molecule has 0 amide bonds. The van der Waals surface area contributed by atoms with Crippen LogP contribution >= 0.6 is 22.6 Å². The van der Waals surface area contributed by atoms with Crippen LogP contribution in [0.4, 0.5) is 0 Å². The largest absolute Gasteiger partial charge is 0.487 e. The first-order chi connectivity index (χ1) is 10.7. The molecule has 0 bridgehead atoms. The number of halogens is 1. The van der Waals surface area contributed by atoms with Crippen LogP contribution in [0.25, 0.3) is 11.6 Å². The smallest absolute Gasteiger partial charge is 0.152 e. The zero-order valence-corrected chi connectivity index (χ0v) is 14.3. The van der Waals surface area contributed by atoms with Gasteiger partial charge in [0.1, 0.15) is 12.4 Å². The van der Waals surface area contributed by atoms with Gasteiger partial charge >= 0.3 is 0 Å². The van der Waals surface area contributed by atoms with Crippen LogP contribution in [0.3, 0.4) is 0 Å². The minimum absolute atomic E-state index is 0.0295. The van der Waals surface area contributed by atoms with Gasteiger partial charge in [-0.3, -0.25) is 4.79 Å². The van der Waals surface area contributed by atoms with Gasteiger partial charge in [-0.05, 0) is 47.2 Å². The Labute approximate surface area is 143 Å². The fraction of sp³-hybridized carbons (Fsp3) is 0.105. The number of ether oxygens (including phenoxy) is 1. The molecule has 0 radical (unpaired) electrons. The summed E-state index contributed by atoms with van der Waals surface area (Å²) >= 11 is 2.35. The summed E-state index contributed by atoms with van der Waals surface area (Å²) in [5.74, 6) is 0.876. The number of hydrogen-bond donors (Lipinski definition) is 0. The zero-order chi connectivity index (χ0) is 15.5. The highest BCUT2D eigenvalue weighted by molar-refractivity contribution is 14.1. The molecule has 1 heterocycles. The maximum absolute atomic E-state index is 11.2. The summed E-state index contributed by atoms with van der Waals surface area (Å²) < 4.78 is 7.11. The number of allylic oxidation sites excluding steroid dienone is 1. The molecule has 3 heteroatoms. The third-order valence-electron chi connectivity index (χ3n) is 3.49. The van der Waals surface area contributed by atoms with E-state index in [2.05, 4.69) is 40.8 Å². The lowest BCUT2D eigenvalue weighted by Gasteiger charge is -2.23. The Bertz CT molecular complexity index is 773. The maximum Gasteiger partial charge on any atom is 0.152 e. The Balaban J connectivity index is 2.14. The van der Waals surface area contributed by atoms with Crippen molar-refractivity contribution >= 4 is 40.0 Å². The molecule has 3 rings (SSSR count). The predicted molar refractivity (Wildman–Crippen MR) is 98.1 cm³/mol. The topological polar surface area (TPSA) is 26.3 Å². The van der Waals surface area contributed by atoms with Crippen LogP contribution in [-0.4, -0.2) is 12.4 Å². The van der Waals surface area contributed by atoms with Crippen molar-refractivity contribution in [3.63, 3.8) is 0 Å². The Kier molecular flexibility index (Phi) is 4.43. The molecule has 1 aliphatic rings. The van der Waals surface area contributed by atoms with E-state index in [-0.39, 0.29) is 5.78 Å². The summed E-state index contributed by atoms with van der Waals surface area (Å²) in [6.45, 7) is 2.10. The number of ketones is 1. The van der Waals surface area contributed by atoms with Crippen LogP contribution in [0.2, 0.25) is 0 Å². The summed E-state index contributed by atoms with van der Waals surface area (Å²) in [6.07, 6.45) is 3.40. The van der Waals surface area contributed by atoms with Crippen molar-refractivity contribution in [2.45, 2.75) is 6.92 Å². The van der Waals surface area contributed by atoms with E-state index in [9.17, 15) is 4.79 Å². The van der Waals surface area contributed by atoms with Crippen LogP contribution in [0.5, 0.6) is 5.75 Å². The van der Waals surface area contributed by atoms with Gasteiger partial charge in [0.05, 0.1) is 0 Å². The van der Waals surface area contributed by atoms with Gasteiger partial charge in [-0.1, -0.05) is 48.5 Å². The zero-order valence-electron chi connectivity index (χ0n) is 12.2. The van der Waals surface area contributed by atoms with E-state index >= 15 is 0 Å². The van der Waals surface area contributed by atoms with E-state index in [0.29, 0.717) is 6.61 Å². The van der Waals surface area contributed by atoms with Gasteiger partial charge < -0.3 is 4.74 Å². The van der Waals surface area contributed by atoms with Crippen molar-refractivity contribution < 1.29 is 9.53 Å². The van der Waals surface area contributed by atoms with Crippen molar-refractivity contribution in [1.82, 2.24) is 0 Å². The third-order valence-corrected chi connectivity index (χ3v) is 4.34. The van der Waals surface area contributed by atoms with E-state index in [4.69, 9.17) is 4.74 Å². The standard InChI is InChI=1S/C19H15IO2/c1-13(21)10-11-15-8-5-9-16-18(14-6-3-2-4-7-14)17(20)12-22-19(15)16/h2-11H,12H2,1H3/b11-10+. The van der Waals surface area contributed by atoms with Crippen molar-refractivity contribution in [2.75, 3.05) is 6.61 Å². The average molecular weight is 402 g/mol. The normalized spacial score (nSPS) is 13.9. The summed E-state index contributed by atoms with van der Waals surface area (Å²) in [7, 11) is 0. The van der Waals surface area contributed by atoms with Gasteiger partial charge in [0.25, 0.3) is 0 Å². The van der Waals surface area contributed by atoms with Crippen LogP contribution in [-0.2, 0) is 4.79 Å². The highest BCUT2D eigenvalue weighted by Crippen LogP contribution is 2.41. The van der Waals surface area contributed by atoms with Crippen LogP contribution in [0.15, 0.2) is 58.2 Å². The number of hydrogen-bond acceptors (Lipinski definition) is 2. The van der Waals surface area contributed by atoms with Crippen molar-refractivity contribution in [3.8, 4) is 5.75 Å². The highest BCUT2D eigenvalue weighted by Gasteiger charge is 2.21. The van der Waals surface area contributed by atoms with Crippen molar-refractivity contribution in [3.05, 3.63) is 74.9 Å². The molecule has 1 aliphatic heterocycles. The lowest BCUT2D eigenvalue weighted by Crippen LogP contribution is -2.10. The summed E-state index contributed by atoms with van der Waals surface area (Å²) in [5, 5.41) is 0. The predicted octanol–water partition coefficient (Wildman–Crippen LogP) is 4.88. The second-order valence-electron chi connectivity index (χ2n) is 5.10. The molecule has 0 fully saturated rings. The molecular weight excluding hydrogens is 387 g/mol. The third kappa shape index (κ3) is 2.99. The number of para-hydroxylation sites is 1. The van der Waals surface area contributed by atoms with Gasteiger partial charge in [0, 0.05) is 20.3 Å². The number of rotatable bonds is 3. The molecule has 0 unspecified atom stereocenters. The number of fused-ring (bicyclic) bond motifs is 1. The Morgan fingerprint density at radius 2 is 1.91 bits per heavy atom. The van der Waals surface area contributed by atoms with Gasteiger partial charge in [-0.2, -0.15) is 0 Å². The molecule has 0 aliphatic carbocycles.